The van der Waals surface area contributed by atoms with Crippen LogP contribution in [0.1, 0.15) is 93.1 Å². The first-order chi connectivity index (χ1) is 16.9. The Balaban J connectivity index is 1.25. The van der Waals surface area contributed by atoms with Gasteiger partial charge in [0.25, 0.3) is 0 Å². The predicted molar refractivity (Wildman–Crippen MR) is 136 cm³/mol. The molecule has 2 fully saturated rings. The number of rotatable bonds is 8. The van der Waals surface area contributed by atoms with Gasteiger partial charge in [-0.05, 0) is 45.4 Å². The smallest absolute Gasteiger partial charge is 0.222 e. The van der Waals surface area contributed by atoms with Crippen LogP contribution in [0.25, 0.3) is 0 Å². The first-order valence-electron chi connectivity index (χ1n) is 13.2. The zero-order chi connectivity index (χ0) is 24.5. The first kappa shape index (κ1) is 24.4. The number of thiazole rings is 1. The molecule has 2 aromatic rings. The summed E-state index contributed by atoms with van der Waals surface area (Å²) >= 11 is 1.62. The van der Waals surface area contributed by atoms with Crippen LogP contribution in [-0.2, 0) is 22.6 Å². The maximum Gasteiger partial charge on any atom is 0.222 e. The maximum absolute atomic E-state index is 12.4. The van der Waals surface area contributed by atoms with Crippen LogP contribution in [0.3, 0.4) is 0 Å². The molecule has 0 spiro atoms. The predicted octanol–water partition coefficient (Wildman–Crippen LogP) is 3.77. The van der Waals surface area contributed by atoms with Crippen molar-refractivity contribution < 1.29 is 9.59 Å². The Hall–Kier alpha value is -2.26. The van der Waals surface area contributed by atoms with Crippen LogP contribution in [0, 0.1) is 6.92 Å². The summed E-state index contributed by atoms with van der Waals surface area (Å²) in [5.41, 5.74) is 2.46. The molecule has 0 aromatic carbocycles. The molecule has 2 amide bonds. The van der Waals surface area contributed by atoms with E-state index < -0.39 is 0 Å². The van der Waals surface area contributed by atoms with Crippen LogP contribution in [0.2, 0.25) is 0 Å². The third kappa shape index (κ3) is 5.03. The van der Waals surface area contributed by atoms with E-state index >= 15 is 0 Å². The minimum Gasteiger partial charge on any atom is -0.347 e. The second kappa shape index (κ2) is 10.4. The number of piperidine rings is 1. The van der Waals surface area contributed by atoms with Crippen LogP contribution in [0.15, 0.2) is 11.6 Å². The molecule has 5 rings (SSSR count). The molecule has 4 atom stereocenters. The summed E-state index contributed by atoms with van der Waals surface area (Å²) in [6.45, 7) is 8.24. The zero-order valence-electron chi connectivity index (χ0n) is 21.2. The van der Waals surface area contributed by atoms with Crippen LogP contribution in [-0.4, -0.2) is 61.3 Å². The molecule has 3 aliphatic rings. The third-order valence-electron chi connectivity index (χ3n) is 8.07. The SMILES string of the molecule is CCCC(=O)N1CCc2c(nc(C)n2C2C[C@H]3CC[C@@H](C2)N3CC[C@H](NC(C)=O)c2nccs2)C1. The van der Waals surface area contributed by atoms with Crippen LogP contribution in [0.4, 0.5) is 0 Å². The van der Waals surface area contributed by atoms with E-state index in [4.69, 9.17) is 4.98 Å². The molecular weight excluding hydrogens is 460 g/mol. The molecule has 190 valence electrons. The topological polar surface area (TPSA) is 83.4 Å². The number of carbonyl (C=O) groups excluding carboxylic acids is 2. The molecular formula is C26H38N6O2S. The summed E-state index contributed by atoms with van der Waals surface area (Å²) in [5, 5.41) is 6.08. The van der Waals surface area contributed by atoms with E-state index in [1.165, 1.54) is 18.5 Å². The number of hydrogen-bond acceptors (Lipinski definition) is 6. The second-order valence-electron chi connectivity index (χ2n) is 10.4. The number of aromatic nitrogens is 3. The number of fused-ring (bicyclic) bond motifs is 3. The van der Waals surface area contributed by atoms with Crippen molar-refractivity contribution >= 4 is 23.2 Å². The third-order valence-corrected chi connectivity index (χ3v) is 8.96. The molecule has 8 nitrogen and oxygen atoms in total. The van der Waals surface area contributed by atoms with E-state index in [-0.39, 0.29) is 17.9 Å². The van der Waals surface area contributed by atoms with E-state index in [0.717, 1.165) is 61.7 Å². The summed E-state index contributed by atoms with van der Waals surface area (Å²) in [7, 11) is 0. The van der Waals surface area contributed by atoms with Gasteiger partial charge in [-0.1, -0.05) is 6.92 Å². The number of nitrogens with zero attached hydrogens (tertiary/aromatic N) is 5. The van der Waals surface area contributed by atoms with Crippen LogP contribution < -0.4 is 5.32 Å². The van der Waals surface area contributed by atoms with Crippen molar-refractivity contribution in [1.82, 2.24) is 29.7 Å². The average Bonchev–Trinajstić information content (AvgIpc) is 3.52. The zero-order valence-corrected chi connectivity index (χ0v) is 22.0. The Kier molecular flexibility index (Phi) is 7.25. The molecule has 1 unspecified atom stereocenters. The van der Waals surface area contributed by atoms with Crippen molar-refractivity contribution in [2.24, 2.45) is 0 Å². The highest BCUT2D eigenvalue weighted by Crippen LogP contribution is 2.43. The molecule has 3 aliphatic heterocycles. The monoisotopic (exact) mass is 498 g/mol. The highest BCUT2D eigenvalue weighted by atomic mass is 32.1. The van der Waals surface area contributed by atoms with Crippen LogP contribution >= 0.6 is 11.3 Å². The number of imidazole rings is 1. The minimum atomic E-state index is -0.00843. The molecule has 0 aliphatic carbocycles. The Labute approximate surface area is 212 Å². The molecule has 2 aromatic heterocycles. The largest absolute Gasteiger partial charge is 0.347 e. The molecule has 2 bridgehead atoms. The van der Waals surface area contributed by atoms with E-state index in [1.54, 1.807) is 18.3 Å². The van der Waals surface area contributed by atoms with E-state index in [2.05, 4.69) is 33.6 Å². The number of amides is 2. The van der Waals surface area contributed by atoms with Gasteiger partial charge in [-0.25, -0.2) is 9.97 Å². The summed E-state index contributed by atoms with van der Waals surface area (Å²) in [4.78, 5) is 38.3. The highest BCUT2D eigenvalue weighted by molar-refractivity contribution is 7.09. The summed E-state index contributed by atoms with van der Waals surface area (Å²) in [5.74, 6) is 1.36. The van der Waals surface area contributed by atoms with E-state index in [9.17, 15) is 9.59 Å². The van der Waals surface area contributed by atoms with Gasteiger partial charge in [-0.15, -0.1) is 11.3 Å². The minimum absolute atomic E-state index is 0.00203. The van der Waals surface area contributed by atoms with Gasteiger partial charge in [0.05, 0.1) is 18.3 Å². The van der Waals surface area contributed by atoms with Gasteiger partial charge in [-0.3, -0.25) is 14.5 Å². The van der Waals surface area contributed by atoms with Gasteiger partial charge in [0.15, 0.2) is 0 Å². The molecule has 35 heavy (non-hydrogen) atoms. The normalized spacial score (nSPS) is 24.9. The average molecular weight is 499 g/mol. The maximum atomic E-state index is 12.4. The molecule has 2 saturated heterocycles. The van der Waals surface area contributed by atoms with Gasteiger partial charge < -0.3 is 14.8 Å². The van der Waals surface area contributed by atoms with Crippen molar-refractivity contribution in [2.75, 3.05) is 13.1 Å². The van der Waals surface area contributed by atoms with Gasteiger partial charge in [-0.2, -0.15) is 0 Å². The van der Waals surface area contributed by atoms with Crippen molar-refractivity contribution in [3.8, 4) is 0 Å². The summed E-state index contributed by atoms with van der Waals surface area (Å²) in [6, 6.07) is 1.64. The lowest BCUT2D eigenvalue weighted by atomic mass is 9.95. The number of nitrogens with one attached hydrogen (secondary N) is 1. The Morgan fingerprint density at radius 3 is 2.66 bits per heavy atom. The van der Waals surface area contributed by atoms with Crippen molar-refractivity contribution in [2.45, 2.75) is 103 Å². The van der Waals surface area contributed by atoms with Gasteiger partial charge in [0.2, 0.25) is 11.8 Å². The molecule has 5 heterocycles. The quantitative estimate of drug-likeness (QED) is 0.599. The van der Waals surface area contributed by atoms with Gasteiger partial charge >= 0.3 is 0 Å². The van der Waals surface area contributed by atoms with Crippen molar-refractivity contribution in [3.63, 3.8) is 0 Å². The Bertz CT molecular complexity index is 1040. The fourth-order valence-corrected chi connectivity index (χ4v) is 7.34. The van der Waals surface area contributed by atoms with E-state index in [0.29, 0.717) is 31.1 Å². The van der Waals surface area contributed by atoms with Gasteiger partial charge in [0, 0.05) is 68.3 Å². The fourth-order valence-electron chi connectivity index (χ4n) is 6.62. The molecule has 0 radical (unpaired) electrons. The Morgan fingerprint density at radius 2 is 2.00 bits per heavy atom. The number of carbonyl (C=O) groups is 2. The second-order valence-corrected chi connectivity index (χ2v) is 11.3. The molecule has 1 N–H and O–H groups in total. The number of hydrogen-bond donors (Lipinski definition) is 1. The summed E-state index contributed by atoms with van der Waals surface area (Å²) in [6.07, 6.45) is 9.95. The first-order valence-corrected chi connectivity index (χ1v) is 14.1. The lowest BCUT2D eigenvalue weighted by Crippen LogP contribution is -2.45. The van der Waals surface area contributed by atoms with Gasteiger partial charge in [0.1, 0.15) is 10.8 Å². The lowest BCUT2D eigenvalue weighted by molar-refractivity contribution is -0.132. The molecule has 0 saturated carbocycles. The molecule has 9 heteroatoms. The van der Waals surface area contributed by atoms with E-state index in [1.807, 2.05) is 16.5 Å². The Morgan fingerprint density at radius 1 is 1.23 bits per heavy atom. The van der Waals surface area contributed by atoms with Crippen LogP contribution in [0.5, 0.6) is 0 Å². The van der Waals surface area contributed by atoms with Crippen molar-refractivity contribution in [1.29, 1.82) is 0 Å². The lowest BCUT2D eigenvalue weighted by Gasteiger charge is -2.41. The fraction of sp³-hybridized carbons (Fsp3) is 0.692. The summed E-state index contributed by atoms with van der Waals surface area (Å²) < 4.78 is 2.52. The van der Waals surface area contributed by atoms with Crippen molar-refractivity contribution in [3.05, 3.63) is 33.8 Å². The number of aryl methyl sites for hydroxylation is 1. The standard InChI is InChI=1S/C26H38N6O2S/c1-4-5-25(34)30-11-9-24-23(16-30)28-17(2)32(24)21-14-19-6-7-20(15-21)31(19)12-8-22(29-18(3)33)26-27-10-13-35-26/h10,13,19-22H,4-9,11-12,14-16H2,1-3H3,(H,29,33)/t19-,20+,21?,22-/m0/s1. The highest BCUT2D eigenvalue weighted by Gasteiger charge is 2.42.